The smallest absolute Gasteiger partial charge is 0.334 e. The fourth-order valence-corrected chi connectivity index (χ4v) is 6.37. The summed E-state index contributed by atoms with van der Waals surface area (Å²) >= 11 is 0. The number of nitrogens with zero attached hydrogens (tertiary/aromatic N) is 4. The second-order valence-corrected chi connectivity index (χ2v) is 13.9. The first-order chi connectivity index (χ1) is 28.8. The zero-order valence-electron chi connectivity index (χ0n) is 32.6. The summed E-state index contributed by atoms with van der Waals surface area (Å²) in [4.78, 5) is 87.3. The molecule has 0 N–H and O–H groups in total. The standard InChI is InChI=1S/C22H19F3N2O4.C22H17F3N2O3/c1-26(21(31)22(23,24)25)13-14-8-10-15(11-9-14)18(28)7-4-12-27-19(29)16-5-2-3-6-17(16)20(27)30;1-26(21(30)22(23,24)25)14-16-11-9-15(10-12-16)6-4-5-13-27-19(28)17-7-2-3-8-18(17)20(27)29/h2-3,5-6,8-11H,4,7,12-13H2,1H3;2-3,7-12H,5,13-14H2,1H3. The number of fused-ring (bicyclic) bond motifs is 2. The molecule has 0 unspecified atom stereocenters. The predicted octanol–water partition coefficient (Wildman–Crippen LogP) is 6.71. The van der Waals surface area contributed by atoms with Gasteiger partial charge in [0.1, 0.15) is 0 Å². The number of halogens is 6. The molecule has 316 valence electrons. The largest absolute Gasteiger partial charge is 0.471 e. The van der Waals surface area contributed by atoms with E-state index in [0.717, 1.165) is 23.9 Å². The van der Waals surface area contributed by atoms with Gasteiger partial charge >= 0.3 is 24.2 Å². The molecule has 6 amide bonds. The van der Waals surface area contributed by atoms with Crippen molar-refractivity contribution in [3.8, 4) is 11.8 Å². The molecule has 4 aromatic carbocycles. The van der Waals surface area contributed by atoms with E-state index in [1.165, 1.54) is 24.3 Å². The first kappa shape index (κ1) is 45.0. The summed E-state index contributed by atoms with van der Waals surface area (Å²) in [5.74, 6) is 0.279. The van der Waals surface area contributed by atoms with Gasteiger partial charge in [0.15, 0.2) is 5.78 Å². The Morgan fingerprint density at radius 2 is 0.934 bits per heavy atom. The molecule has 0 saturated carbocycles. The number of rotatable bonds is 11. The van der Waals surface area contributed by atoms with Crippen LogP contribution in [0.3, 0.4) is 0 Å². The first-order valence-electron chi connectivity index (χ1n) is 18.5. The van der Waals surface area contributed by atoms with Gasteiger partial charge in [0.05, 0.1) is 22.3 Å². The van der Waals surface area contributed by atoms with Crippen LogP contribution in [0.2, 0.25) is 0 Å². The average Bonchev–Trinajstić information content (AvgIpc) is 3.62. The molecule has 0 aromatic heterocycles. The Morgan fingerprint density at radius 3 is 1.33 bits per heavy atom. The number of hydrogen-bond donors (Lipinski definition) is 0. The topological polar surface area (TPSA) is 132 Å². The number of alkyl halides is 6. The summed E-state index contributed by atoms with van der Waals surface area (Å²) in [6.07, 6.45) is -9.17. The molecule has 2 heterocycles. The van der Waals surface area contributed by atoms with Crippen molar-refractivity contribution in [2.45, 2.75) is 44.7 Å². The zero-order chi connectivity index (χ0) is 44.6. The van der Waals surface area contributed by atoms with Crippen molar-refractivity contribution in [2.24, 2.45) is 0 Å². The Bertz CT molecular complexity index is 2350. The van der Waals surface area contributed by atoms with Crippen molar-refractivity contribution in [1.29, 1.82) is 0 Å². The molecule has 0 spiro atoms. The lowest BCUT2D eigenvalue weighted by atomic mass is 10.0. The van der Waals surface area contributed by atoms with Gasteiger partial charge in [-0.25, -0.2) is 0 Å². The molecule has 0 fully saturated rings. The Labute approximate surface area is 345 Å². The SMILES string of the molecule is CN(Cc1ccc(C#CCCN2C(=O)c3ccccc3C2=O)cc1)C(=O)C(F)(F)F.CN(Cc1ccc(C(=O)CCCN2C(=O)c3ccccc3C2=O)cc1)C(=O)C(F)(F)F. The Balaban J connectivity index is 0.000000231. The van der Waals surface area contributed by atoms with Crippen molar-refractivity contribution in [2.75, 3.05) is 27.2 Å². The minimum Gasteiger partial charge on any atom is -0.334 e. The highest BCUT2D eigenvalue weighted by Crippen LogP contribution is 2.25. The van der Waals surface area contributed by atoms with E-state index in [9.17, 15) is 59.9 Å². The fourth-order valence-electron chi connectivity index (χ4n) is 6.37. The second kappa shape index (κ2) is 18.9. The number of imide groups is 2. The molecule has 0 bridgehead atoms. The van der Waals surface area contributed by atoms with Crippen LogP contribution < -0.4 is 0 Å². The third-order valence-corrected chi connectivity index (χ3v) is 9.48. The van der Waals surface area contributed by atoms with E-state index in [2.05, 4.69) is 11.8 Å². The molecule has 11 nitrogen and oxygen atoms in total. The summed E-state index contributed by atoms with van der Waals surface area (Å²) in [5.41, 5.74) is 3.45. The zero-order valence-corrected chi connectivity index (χ0v) is 32.6. The van der Waals surface area contributed by atoms with Gasteiger partial charge in [-0.1, -0.05) is 72.5 Å². The Morgan fingerprint density at radius 1 is 0.557 bits per heavy atom. The maximum Gasteiger partial charge on any atom is 0.471 e. The van der Waals surface area contributed by atoms with Crippen LogP contribution in [0.15, 0.2) is 97.1 Å². The monoisotopic (exact) mass is 846 g/mol. The highest BCUT2D eigenvalue weighted by atomic mass is 19.4. The van der Waals surface area contributed by atoms with Gasteiger partial charge in [-0.05, 0) is 53.9 Å². The van der Waals surface area contributed by atoms with Crippen molar-refractivity contribution in [3.63, 3.8) is 0 Å². The molecular weight excluding hydrogens is 810 g/mol. The number of ketones is 1. The first-order valence-corrected chi connectivity index (χ1v) is 18.5. The van der Waals surface area contributed by atoms with Crippen LogP contribution in [0.25, 0.3) is 0 Å². The Kier molecular flexibility index (Phi) is 13.9. The Hall–Kier alpha value is -7.09. The van der Waals surface area contributed by atoms with Gasteiger partial charge < -0.3 is 9.80 Å². The lowest BCUT2D eigenvalue weighted by Crippen LogP contribution is -2.37. The van der Waals surface area contributed by atoms with E-state index in [-0.39, 0.29) is 74.9 Å². The summed E-state index contributed by atoms with van der Waals surface area (Å²) < 4.78 is 74.6. The molecule has 0 aliphatic carbocycles. The van der Waals surface area contributed by atoms with E-state index in [1.807, 2.05) is 0 Å². The molecule has 0 saturated heterocycles. The number of carbonyl (C=O) groups is 7. The fraction of sp³-hybridized carbons (Fsp3) is 0.250. The van der Waals surface area contributed by atoms with Gasteiger partial charge in [0, 0.05) is 64.2 Å². The van der Waals surface area contributed by atoms with E-state index < -0.39 is 24.2 Å². The molecule has 2 aliphatic heterocycles. The van der Waals surface area contributed by atoms with Gasteiger partial charge in [-0.15, -0.1) is 0 Å². The number of carbonyl (C=O) groups excluding carboxylic acids is 7. The van der Waals surface area contributed by atoms with Crippen molar-refractivity contribution in [3.05, 3.63) is 142 Å². The summed E-state index contributed by atoms with van der Waals surface area (Å²) in [6.45, 7) is -0.138. The highest BCUT2D eigenvalue weighted by Gasteiger charge is 2.42. The van der Waals surface area contributed by atoms with Gasteiger partial charge in [-0.3, -0.25) is 43.4 Å². The number of hydrogen-bond acceptors (Lipinski definition) is 7. The van der Waals surface area contributed by atoms with E-state index >= 15 is 0 Å². The van der Waals surface area contributed by atoms with Crippen molar-refractivity contribution >= 4 is 41.2 Å². The van der Waals surface area contributed by atoms with E-state index in [0.29, 0.717) is 54.3 Å². The highest BCUT2D eigenvalue weighted by molar-refractivity contribution is 6.22. The summed E-state index contributed by atoms with van der Waals surface area (Å²) in [7, 11) is 2.14. The van der Waals surface area contributed by atoms with Gasteiger partial charge in [-0.2, -0.15) is 26.3 Å². The predicted molar refractivity (Wildman–Crippen MR) is 207 cm³/mol. The number of amides is 6. The van der Waals surface area contributed by atoms with Crippen molar-refractivity contribution < 1.29 is 59.9 Å². The lowest BCUT2D eigenvalue weighted by Gasteiger charge is -2.18. The molecule has 6 rings (SSSR count). The maximum atomic E-state index is 12.4. The third-order valence-electron chi connectivity index (χ3n) is 9.48. The van der Waals surface area contributed by atoms with Crippen LogP contribution in [0.5, 0.6) is 0 Å². The summed E-state index contributed by atoms with van der Waals surface area (Å²) in [5, 5.41) is 0. The lowest BCUT2D eigenvalue weighted by molar-refractivity contribution is -0.184. The second-order valence-electron chi connectivity index (χ2n) is 13.9. The minimum absolute atomic E-state index is 0.0964. The van der Waals surface area contributed by atoms with Crippen molar-refractivity contribution in [1.82, 2.24) is 19.6 Å². The molecule has 17 heteroatoms. The normalized spacial score (nSPS) is 13.2. The molecule has 0 radical (unpaired) electrons. The summed E-state index contributed by atoms with van der Waals surface area (Å²) in [6, 6.07) is 25.5. The number of benzene rings is 4. The third kappa shape index (κ3) is 10.9. The van der Waals surface area contributed by atoms with Crippen LogP contribution in [-0.4, -0.2) is 100 Å². The van der Waals surface area contributed by atoms with Gasteiger partial charge in [0.2, 0.25) is 0 Å². The molecule has 61 heavy (non-hydrogen) atoms. The maximum absolute atomic E-state index is 12.4. The van der Waals surface area contributed by atoms with Crippen LogP contribution >= 0.6 is 0 Å². The quantitative estimate of drug-likeness (QED) is 0.0710. The molecule has 2 aliphatic rings. The van der Waals surface area contributed by atoms with Crippen LogP contribution in [0.1, 0.15) is 87.7 Å². The van der Waals surface area contributed by atoms with Crippen LogP contribution in [-0.2, 0) is 22.7 Å². The van der Waals surface area contributed by atoms with E-state index in [4.69, 9.17) is 0 Å². The minimum atomic E-state index is -4.94. The van der Waals surface area contributed by atoms with Crippen LogP contribution in [0.4, 0.5) is 26.3 Å². The molecule has 0 atom stereocenters. The van der Waals surface area contributed by atoms with Crippen LogP contribution in [0, 0.1) is 11.8 Å². The molecule has 4 aromatic rings. The average molecular weight is 847 g/mol. The number of Topliss-reactive ketones (excluding diaryl/α,β-unsaturated/α-hetero) is 1. The van der Waals surface area contributed by atoms with E-state index in [1.54, 1.807) is 72.8 Å². The molecular formula is C44H36F6N4O7. The van der Waals surface area contributed by atoms with Gasteiger partial charge in [0.25, 0.3) is 23.6 Å².